The Morgan fingerprint density at radius 2 is 2.09 bits per heavy atom. The van der Waals surface area contributed by atoms with Crippen molar-refractivity contribution in [1.82, 2.24) is 9.80 Å². The zero-order valence-electron chi connectivity index (χ0n) is 13.8. The molecular weight excluding hydrogens is 312 g/mol. The molecule has 1 amide bonds. The normalized spacial score (nSPS) is 16.3. The van der Waals surface area contributed by atoms with Gasteiger partial charge in [-0.05, 0) is 30.8 Å². The lowest BCUT2D eigenvalue weighted by Crippen LogP contribution is -2.35. The topological polar surface area (TPSA) is 49.9 Å². The lowest BCUT2D eigenvalue weighted by atomic mass is 10.2. The first-order valence-corrected chi connectivity index (χ1v) is 9.14. The van der Waals surface area contributed by atoms with E-state index < -0.39 is 0 Å². The SMILES string of the molecule is COCCCN1CCCN(C(=O)CCC(=O)c2cccs2)CC1. The molecule has 1 aliphatic heterocycles. The van der Waals surface area contributed by atoms with Crippen molar-refractivity contribution in [2.75, 3.05) is 46.4 Å². The van der Waals surface area contributed by atoms with Crippen LogP contribution in [0.1, 0.15) is 35.4 Å². The van der Waals surface area contributed by atoms with E-state index in [1.54, 1.807) is 7.11 Å². The highest BCUT2D eigenvalue weighted by molar-refractivity contribution is 7.12. The average Bonchev–Trinajstić information content (AvgIpc) is 2.99. The minimum absolute atomic E-state index is 0.0735. The van der Waals surface area contributed by atoms with Crippen LogP contribution < -0.4 is 0 Å². The van der Waals surface area contributed by atoms with E-state index in [2.05, 4.69) is 4.90 Å². The Kier molecular flexibility index (Phi) is 7.71. The van der Waals surface area contributed by atoms with Gasteiger partial charge in [0.05, 0.1) is 4.88 Å². The van der Waals surface area contributed by atoms with Crippen LogP contribution in [0.4, 0.5) is 0 Å². The molecule has 2 rings (SSSR count). The number of rotatable bonds is 8. The van der Waals surface area contributed by atoms with Gasteiger partial charge in [0.2, 0.25) is 5.91 Å². The molecule has 1 fully saturated rings. The molecule has 1 aliphatic rings. The van der Waals surface area contributed by atoms with Crippen molar-refractivity contribution < 1.29 is 14.3 Å². The molecule has 0 aromatic carbocycles. The van der Waals surface area contributed by atoms with E-state index in [0.29, 0.717) is 12.8 Å². The third kappa shape index (κ3) is 6.05. The molecule has 2 heterocycles. The number of ether oxygens (including phenoxy) is 1. The Labute approximate surface area is 142 Å². The average molecular weight is 338 g/mol. The van der Waals surface area contributed by atoms with E-state index in [-0.39, 0.29) is 11.7 Å². The molecule has 1 aromatic heterocycles. The predicted molar refractivity (Wildman–Crippen MR) is 92.0 cm³/mol. The van der Waals surface area contributed by atoms with Crippen LogP contribution in [0.25, 0.3) is 0 Å². The first kappa shape index (κ1) is 18.1. The summed E-state index contributed by atoms with van der Waals surface area (Å²) in [6.45, 7) is 5.30. The van der Waals surface area contributed by atoms with Crippen molar-refractivity contribution in [3.8, 4) is 0 Å². The Bertz CT molecular complexity index is 490. The number of thiophene rings is 1. The summed E-state index contributed by atoms with van der Waals surface area (Å²) < 4.78 is 5.09. The number of carbonyl (C=O) groups is 2. The van der Waals surface area contributed by atoms with E-state index in [1.165, 1.54) is 11.3 Å². The van der Waals surface area contributed by atoms with Crippen LogP contribution in [0.15, 0.2) is 17.5 Å². The van der Waals surface area contributed by atoms with Gasteiger partial charge in [-0.15, -0.1) is 11.3 Å². The van der Waals surface area contributed by atoms with E-state index in [4.69, 9.17) is 4.74 Å². The monoisotopic (exact) mass is 338 g/mol. The first-order valence-electron chi connectivity index (χ1n) is 8.26. The molecule has 0 unspecified atom stereocenters. The molecule has 0 bridgehead atoms. The fourth-order valence-electron chi connectivity index (χ4n) is 2.82. The molecule has 0 atom stereocenters. The smallest absolute Gasteiger partial charge is 0.223 e. The number of carbonyl (C=O) groups excluding carboxylic acids is 2. The minimum atomic E-state index is 0.0735. The molecule has 1 aromatic rings. The molecular formula is C17H26N2O3S. The molecule has 0 aliphatic carbocycles. The highest BCUT2D eigenvalue weighted by Gasteiger charge is 2.19. The van der Waals surface area contributed by atoms with E-state index in [1.807, 2.05) is 22.4 Å². The van der Waals surface area contributed by atoms with Gasteiger partial charge < -0.3 is 14.5 Å². The van der Waals surface area contributed by atoms with Crippen molar-refractivity contribution in [2.45, 2.75) is 25.7 Å². The quantitative estimate of drug-likeness (QED) is 0.539. The second kappa shape index (κ2) is 9.80. The molecule has 128 valence electrons. The number of ketones is 1. The summed E-state index contributed by atoms with van der Waals surface area (Å²) in [5.74, 6) is 0.179. The molecule has 6 heteroatoms. The van der Waals surface area contributed by atoms with Crippen molar-refractivity contribution in [2.24, 2.45) is 0 Å². The fraction of sp³-hybridized carbons (Fsp3) is 0.647. The summed E-state index contributed by atoms with van der Waals surface area (Å²) in [5.41, 5.74) is 0. The summed E-state index contributed by atoms with van der Waals surface area (Å²) in [6.07, 6.45) is 2.66. The van der Waals surface area contributed by atoms with Crippen molar-refractivity contribution in [1.29, 1.82) is 0 Å². The third-order valence-electron chi connectivity index (χ3n) is 4.13. The highest BCUT2D eigenvalue weighted by atomic mass is 32.1. The Hall–Kier alpha value is -1.24. The standard InChI is InChI=1S/C17H26N2O3S/c1-22-13-4-9-18-8-3-10-19(12-11-18)17(21)7-6-15(20)16-5-2-14-23-16/h2,5,14H,3-4,6-13H2,1H3. The van der Waals surface area contributed by atoms with E-state index in [9.17, 15) is 9.59 Å². The van der Waals surface area contributed by atoms with Gasteiger partial charge in [0.1, 0.15) is 0 Å². The van der Waals surface area contributed by atoms with Crippen LogP contribution >= 0.6 is 11.3 Å². The van der Waals surface area contributed by atoms with Gasteiger partial charge in [0.25, 0.3) is 0 Å². The van der Waals surface area contributed by atoms with Gasteiger partial charge in [0, 0.05) is 52.7 Å². The first-order chi connectivity index (χ1) is 11.2. The van der Waals surface area contributed by atoms with Crippen LogP contribution in [-0.4, -0.2) is 67.9 Å². The molecule has 0 spiro atoms. The Morgan fingerprint density at radius 1 is 1.22 bits per heavy atom. The maximum Gasteiger partial charge on any atom is 0.223 e. The molecule has 1 saturated heterocycles. The maximum absolute atomic E-state index is 12.3. The van der Waals surface area contributed by atoms with Gasteiger partial charge in [-0.2, -0.15) is 0 Å². The lowest BCUT2D eigenvalue weighted by Gasteiger charge is -2.22. The van der Waals surface area contributed by atoms with Crippen LogP contribution in [0.2, 0.25) is 0 Å². The summed E-state index contributed by atoms with van der Waals surface area (Å²) in [6, 6.07) is 3.69. The third-order valence-corrected chi connectivity index (χ3v) is 5.04. The number of nitrogens with zero attached hydrogens (tertiary/aromatic N) is 2. The van der Waals surface area contributed by atoms with Crippen LogP contribution in [-0.2, 0) is 9.53 Å². The van der Waals surface area contributed by atoms with E-state index >= 15 is 0 Å². The maximum atomic E-state index is 12.3. The number of methoxy groups -OCH3 is 1. The summed E-state index contributed by atoms with van der Waals surface area (Å²) in [5, 5.41) is 1.89. The predicted octanol–water partition coefficient (Wildman–Crippen LogP) is 2.28. The van der Waals surface area contributed by atoms with Gasteiger partial charge in [-0.1, -0.05) is 6.07 Å². The number of hydrogen-bond acceptors (Lipinski definition) is 5. The Morgan fingerprint density at radius 3 is 2.83 bits per heavy atom. The van der Waals surface area contributed by atoms with Crippen LogP contribution in [0.3, 0.4) is 0 Å². The largest absolute Gasteiger partial charge is 0.385 e. The zero-order chi connectivity index (χ0) is 16.5. The van der Waals surface area contributed by atoms with E-state index in [0.717, 1.165) is 57.0 Å². The van der Waals surface area contributed by atoms with Crippen LogP contribution in [0, 0.1) is 0 Å². The van der Waals surface area contributed by atoms with Gasteiger partial charge in [-0.25, -0.2) is 0 Å². The molecule has 0 saturated carbocycles. The number of hydrogen-bond donors (Lipinski definition) is 0. The summed E-state index contributed by atoms with van der Waals surface area (Å²) in [4.78, 5) is 29.4. The number of amides is 1. The minimum Gasteiger partial charge on any atom is -0.385 e. The fourth-order valence-corrected chi connectivity index (χ4v) is 3.51. The molecule has 0 N–H and O–H groups in total. The van der Waals surface area contributed by atoms with Crippen LogP contribution in [0.5, 0.6) is 0 Å². The summed E-state index contributed by atoms with van der Waals surface area (Å²) >= 11 is 1.44. The molecule has 5 nitrogen and oxygen atoms in total. The van der Waals surface area contributed by atoms with Crippen molar-refractivity contribution >= 4 is 23.0 Å². The van der Waals surface area contributed by atoms with Gasteiger partial charge in [0.15, 0.2) is 5.78 Å². The van der Waals surface area contributed by atoms with Gasteiger partial charge >= 0.3 is 0 Å². The Balaban J connectivity index is 1.71. The van der Waals surface area contributed by atoms with Gasteiger partial charge in [-0.3, -0.25) is 9.59 Å². The molecule has 0 radical (unpaired) electrons. The highest BCUT2D eigenvalue weighted by Crippen LogP contribution is 2.13. The van der Waals surface area contributed by atoms with Crippen molar-refractivity contribution in [3.05, 3.63) is 22.4 Å². The lowest BCUT2D eigenvalue weighted by molar-refractivity contribution is -0.131. The zero-order valence-corrected chi connectivity index (χ0v) is 14.6. The second-order valence-corrected chi connectivity index (χ2v) is 6.77. The molecule has 23 heavy (non-hydrogen) atoms. The second-order valence-electron chi connectivity index (χ2n) is 5.82. The van der Waals surface area contributed by atoms with Crippen molar-refractivity contribution in [3.63, 3.8) is 0 Å². The summed E-state index contributed by atoms with van der Waals surface area (Å²) in [7, 11) is 1.72. The number of Topliss-reactive ketones (excluding diaryl/α,β-unsaturated/α-hetero) is 1.